The molecule has 0 aromatic rings. The van der Waals surface area contributed by atoms with Crippen LogP contribution in [0.4, 0.5) is 0 Å². The lowest BCUT2D eigenvalue weighted by atomic mass is 10.0. The molecule has 110 valence electrons. The number of fused-ring (bicyclic) bond motifs is 1. The molecule has 0 bridgehead atoms. The predicted molar refractivity (Wildman–Crippen MR) is 77.0 cm³/mol. The number of aliphatic carboxylic acids is 1. The van der Waals surface area contributed by atoms with Crippen LogP contribution in [0.3, 0.4) is 0 Å². The molecule has 3 heterocycles. The fraction of sp³-hybridized carbons (Fsp3) is 0.714. The van der Waals surface area contributed by atoms with Crippen molar-refractivity contribution in [2.24, 2.45) is 0 Å². The number of carboxylic acid groups (broad SMARTS) is 1. The molecule has 5 nitrogen and oxygen atoms in total. The fourth-order valence-corrected chi connectivity index (χ4v) is 4.75. The second-order valence-corrected chi connectivity index (χ2v) is 7.44. The monoisotopic (exact) mass is 297 g/mol. The number of likely N-dealkylation sites (N-methyl/N-ethyl adjacent to an activating group) is 1. The molecule has 0 radical (unpaired) electrons. The number of carbonyl (C=O) groups excluding carboxylic acids is 1. The molecule has 0 aromatic heterocycles. The van der Waals surface area contributed by atoms with Gasteiger partial charge in [0.1, 0.15) is 12.2 Å². The van der Waals surface area contributed by atoms with Gasteiger partial charge in [0.15, 0.2) is 0 Å². The molecular weight excluding hydrogens is 276 g/mol. The Morgan fingerprint density at radius 3 is 2.70 bits per heavy atom. The van der Waals surface area contributed by atoms with Crippen LogP contribution in [-0.4, -0.2) is 64.2 Å². The third-order valence-corrected chi connectivity index (χ3v) is 5.88. The fourth-order valence-electron chi connectivity index (χ4n) is 3.49. The average molecular weight is 297 g/mol. The Kier molecular flexibility index (Phi) is 3.54. The Bertz CT molecular complexity index is 483. The van der Waals surface area contributed by atoms with Gasteiger partial charge in [-0.25, -0.2) is 4.79 Å². The molecule has 0 aliphatic carbocycles. The summed E-state index contributed by atoms with van der Waals surface area (Å²) in [6, 6.07) is 0. The summed E-state index contributed by atoms with van der Waals surface area (Å²) >= 11 is 1.71. The van der Waals surface area contributed by atoms with Gasteiger partial charge in [-0.3, -0.25) is 9.69 Å². The Balaban J connectivity index is 1.86. The van der Waals surface area contributed by atoms with Gasteiger partial charge in [-0.1, -0.05) is 0 Å². The summed E-state index contributed by atoms with van der Waals surface area (Å²) < 4.78 is 0.916. The molecule has 20 heavy (non-hydrogen) atoms. The Morgan fingerprint density at radius 2 is 2.10 bits per heavy atom. The number of quaternary nitrogens is 1. The van der Waals surface area contributed by atoms with Crippen molar-refractivity contribution in [1.82, 2.24) is 4.90 Å². The molecule has 1 N–H and O–H groups in total. The van der Waals surface area contributed by atoms with Gasteiger partial charge in [-0.2, -0.15) is 0 Å². The standard InChI is InChI=1S/C14H20N2O3S/c1-16(5-3-2-4-6-16)8-10-9-20-12-7-11(17)15(12)13(10)14(18)19/h12H,2-9H2,1H3/p+1/t12-/m1/s1. The first-order chi connectivity index (χ1) is 9.50. The summed E-state index contributed by atoms with van der Waals surface area (Å²) in [5, 5.41) is 9.55. The number of piperidine rings is 1. The smallest absolute Gasteiger partial charge is 0.352 e. The number of likely N-dealkylation sites (tertiary alicyclic amines) is 1. The molecule has 2 fully saturated rings. The van der Waals surface area contributed by atoms with Gasteiger partial charge in [-0.15, -0.1) is 11.8 Å². The normalized spacial score (nSPS) is 28.9. The van der Waals surface area contributed by atoms with Crippen molar-refractivity contribution in [2.75, 3.05) is 32.4 Å². The van der Waals surface area contributed by atoms with E-state index in [1.807, 2.05) is 0 Å². The Morgan fingerprint density at radius 1 is 1.40 bits per heavy atom. The van der Waals surface area contributed by atoms with E-state index in [-0.39, 0.29) is 17.0 Å². The molecule has 3 aliphatic rings. The van der Waals surface area contributed by atoms with Crippen molar-refractivity contribution in [1.29, 1.82) is 0 Å². The lowest BCUT2D eigenvalue weighted by molar-refractivity contribution is -0.909. The number of nitrogens with zero attached hydrogens (tertiary/aromatic N) is 2. The molecule has 1 amide bonds. The summed E-state index contributed by atoms with van der Waals surface area (Å²) in [7, 11) is 2.21. The van der Waals surface area contributed by atoms with Crippen molar-refractivity contribution in [2.45, 2.75) is 31.1 Å². The van der Waals surface area contributed by atoms with Crippen LogP contribution in [0.5, 0.6) is 0 Å². The molecule has 6 heteroatoms. The lowest BCUT2D eigenvalue weighted by Gasteiger charge is -2.46. The first-order valence-electron chi connectivity index (χ1n) is 7.23. The van der Waals surface area contributed by atoms with E-state index in [1.165, 1.54) is 24.2 Å². The first kappa shape index (κ1) is 13.9. The highest BCUT2D eigenvalue weighted by atomic mass is 32.2. The Labute approximate surface area is 123 Å². The summed E-state index contributed by atoms with van der Waals surface area (Å²) in [6.45, 7) is 2.99. The number of thioether (sulfide) groups is 1. The molecule has 3 rings (SSSR count). The van der Waals surface area contributed by atoms with Gasteiger partial charge in [0, 0.05) is 11.3 Å². The zero-order valence-corrected chi connectivity index (χ0v) is 12.6. The average Bonchev–Trinajstić information content (AvgIpc) is 2.39. The van der Waals surface area contributed by atoms with Crippen LogP contribution in [0, 0.1) is 0 Å². The van der Waals surface area contributed by atoms with E-state index in [0.29, 0.717) is 6.42 Å². The van der Waals surface area contributed by atoms with Crippen LogP contribution < -0.4 is 0 Å². The van der Waals surface area contributed by atoms with Gasteiger partial charge < -0.3 is 9.59 Å². The highest BCUT2D eigenvalue weighted by Crippen LogP contribution is 2.40. The van der Waals surface area contributed by atoms with Crippen LogP contribution in [0.25, 0.3) is 0 Å². The molecule has 0 spiro atoms. The Hall–Kier alpha value is -1.01. The van der Waals surface area contributed by atoms with E-state index in [0.717, 1.165) is 35.4 Å². The summed E-state index contributed by atoms with van der Waals surface area (Å²) in [5.74, 6) is -0.232. The number of carboxylic acids is 1. The second-order valence-electron chi connectivity index (χ2n) is 6.28. The van der Waals surface area contributed by atoms with Crippen LogP contribution in [0.1, 0.15) is 25.7 Å². The maximum absolute atomic E-state index is 11.7. The van der Waals surface area contributed by atoms with Crippen LogP contribution in [0.15, 0.2) is 11.3 Å². The van der Waals surface area contributed by atoms with E-state index < -0.39 is 5.97 Å². The maximum atomic E-state index is 11.7. The summed E-state index contributed by atoms with van der Waals surface area (Å²) in [5.41, 5.74) is 1.21. The minimum absolute atomic E-state index is 0.0432. The lowest BCUT2D eigenvalue weighted by Crippen LogP contribution is -2.56. The quantitative estimate of drug-likeness (QED) is 0.629. The molecule has 3 aliphatic heterocycles. The number of hydrogen-bond acceptors (Lipinski definition) is 3. The largest absolute Gasteiger partial charge is 0.477 e. The number of amides is 1. The number of rotatable bonds is 3. The van der Waals surface area contributed by atoms with Crippen LogP contribution in [-0.2, 0) is 9.59 Å². The zero-order chi connectivity index (χ0) is 14.3. The second kappa shape index (κ2) is 5.07. The minimum atomic E-state index is -0.943. The maximum Gasteiger partial charge on any atom is 0.352 e. The van der Waals surface area contributed by atoms with Crippen molar-refractivity contribution >= 4 is 23.6 Å². The summed E-state index contributed by atoms with van der Waals surface area (Å²) in [4.78, 5) is 24.8. The highest BCUT2D eigenvalue weighted by molar-refractivity contribution is 8.00. The van der Waals surface area contributed by atoms with E-state index >= 15 is 0 Å². The van der Waals surface area contributed by atoms with Crippen molar-refractivity contribution < 1.29 is 19.2 Å². The molecule has 0 aromatic carbocycles. The van der Waals surface area contributed by atoms with Gasteiger partial charge in [0.05, 0.1) is 31.9 Å². The summed E-state index contributed by atoms with van der Waals surface area (Å²) in [6.07, 6.45) is 4.19. The predicted octanol–water partition coefficient (Wildman–Crippen LogP) is 1.26. The zero-order valence-electron chi connectivity index (χ0n) is 11.8. The molecule has 0 unspecified atom stereocenters. The topological polar surface area (TPSA) is 57.6 Å². The van der Waals surface area contributed by atoms with Crippen LogP contribution >= 0.6 is 11.8 Å². The number of hydrogen-bond donors (Lipinski definition) is 1. The third kappa shape index (κ3) is 2.35. The first-order valence-corrected chi connectivity index (χ1v) is 8.28. The van der Waals surface area contributed by atoms with Gasteiger partial charge in [-0.05, 0) is 19.3 Å². The van der Waals surface area contributed by atoms with E-state index in [1.54, 1.807) is 11.8 Å². The van der Waals surface area contributed by atoms with Crippen LogP contribution in [0.2, 0.25) is 0 Å². The molecule has 1 atom stereocenters. The minimum Gasteiger partial charge on any atom is -0.477 e. The molecule has 0 saturated carbocycles. The van der Waals surface area contributed by atoms with E-state index in [9.17, 15) is 14.7 Å². The number of carbonyl (C=O) groups is 2. The SMILES string of the molecule is C[N+]1(CC2=C(C(=O)O)N3C(=O)C[C@H]3SC2)CCCCC1. The highest BCUT2D eigenvalue weighted by Gasteiger charge is 2.46. The van der Waals surface area contributed by atoms with Crippen molar-refractivity contribution in [3.8, 4) is 0 Å². The van der Waals surface area contributed by atoms with Crippen molar-refractivity contribution in [3.63, 3.8) is 0 Å². The van der Waals surface area contributed by atoms with Gasteiger partial charge in [0.2, 0.25) is 5.91 Å². The number of β-lactam (4-membered cyclic amide) rings is 1. The van der Waals surface area contributed by atoms with E-state index in [4.69, 9.17) is 0 Å². The molecular formula is C14H21N2O3S+. The van der Waals surface area contributed by atoms with Gasteiger partial charge in [0.25, 0.3) is 0 Å². The van der Waals surface area contributed by atoms with E-state index in [2.05, 4.69) is 7.05 Å². The van der Waals surface area contributed by atoms with Gasteiger partial charge >= 0.3 is 5.97 Å². The third-order valence-electron chi connectivity index (χ3n) is 4.60. The van der Waals surface area contributed by atoms with Crippen molar-refractivity contribution in [3.05, 3.63) is 11.3 Å². The molecule has 2 saturated heterocycles.